The lowest BCUT2D eigenvalue weighted by atomic mass is 9.75. The smallest absolute Gasteiger partial charge is 0.180 e. The fourth-order valence-corrected chi connectivity index (χ4v) is 3.40. The minimum atomic E-state index is 0.0833. The molecule has 3 heteroatoms. The zero-order chi connectivity index (χ0) is 13.9. The van der Waals surface area contributed by atoms with E-state index in [9.17, 15) is 0 Å². The zero-order valence-corrected chi connectivity index (χ0v) is 12.5. The average Bonchev–Trinajstić information content (AvgIpc) is 2.87. The first-order valence-electron chi connectivity index (χ1n) is 6.88. The van der Waals surface area contributed by atoms with Crippen LogP contribution in [0, 0.1) is 12.3 Å². The Morgan fingerprint density at radius 3 is 2.58 bits per heavy atom. The maximum atomic E-state index is 7.88. The molecule has 1 saturated carbocycles. The zero-order valence-electron chi connectivity index (χ0n) is 11.8. The minimum Gasteiger partial charge on any atom is -0.484 e. The van der Waals surface area contributed by atoms with Gasteiger partial charge in [-0.2, -0.15) is 0 Å². The van der Waals surface area contributed by atoms with Gasteiger partial charge in [0.15, 0.2) is 5.90 Å². The van der Waals surface area contributed by atoms with E-state index in [2.05, 4.69) is 25.1 Å². The number of ether oxygens (including phenoxy) is 1. The fraction of sp³-hybridized carbons (Fsp3) is 0.562. The van der Waals surface area contributed by atoms with Gasteiger partial charge in [0.2, 0.25) is 0 Å². The number of benzene rings is 1. The summed E-state index contributed by atoms with van der Waals surface area (Å²) in [6.45, 7) is 2.11. The number of nitrogens with one attached hydrogen (secondary N) is 1. The topological polar surface area (TPSA) is 33.1 Å². The molecule has 1 fully saturated rings. The predicted octanol–water partition coefficient (Wildman–Crippen LogP) is 4.56. The van der Waals surface area contributed by atoms with Gasteiger partial charge in [-0.15, -0.1) is 11.6 Å². The Hall–Kier alpha value is -1.02. The Morgan fingerprint density at radius 1 is 1.32 bits per heavy atom. The van der Waals surface area contributed by atoms with Gasteiger partial charge in [-0.05, 0) is 30.9 Å². The molecule has 19 heavy (non-hydrogen) atoms. The van der Waals surface area contributed by atoms with Crippen molar-refractivity contribution in [1.29, 1.82) is 5.41 Å². The Balaban J connectivity index is 2.38. The molecule has 1 aliphatic rings. The second kappa shape index (κ2) is 5.96. The van der Waals surface area contributed by atoms with Gasteiger partial charge in [0, 0.05) is 17.7 Å². The highest BCUT2D eigenvalue weighted by Gasteiger charge is 2.37. The van der Waals surface area contributed by atoms with E-state index < -0.39 is 0 Å². The third-order valence-corrected chi connectivity index (χ3v) is 4.52. The van der Waals surface area contributed by atoms with E-state index in [0.717, 1.165) is 12.8 Å². The lowest BCUT2D eigenvalue weighted by Crippen LogP contribution is -2.26. The van der Waals surface area contributed by atoms with Gasteiger partial charge in [-0.1, -0.05) is 36.6 Å². The van der Waals surface area contributed by atoms with Crippen LogP contribution >= 0.6 is 11.6 Å². The summed E-state index contributed by atoms with van der Waals surface area (Å²) in [6, 6.07) is 6.61. The highest BCUT2D eigenvalue weighted by Crippen LogP contribution is 2.44. The number of hydrogen-bond acceptors (Lipinski definition) is 2. The maximum Gasteiger partial charge on any atom is 0.180 e. The summed E-state index contributed by atoms with van der Waals surface area (Å²) in [6.07, 6.45) is 5.46. The SMILES string of the molecule is COC(=N)CC1(c2cc(C)cc(CCl)c2)CCCC1. The van der Waals surface area contributed by atoms with E-state index >= 15 is 0 Å². The summed E-state index contributed by atoms with van der Waals surface area (Å²) in [5.41, 5.74) is 3.85. The molecule has 1 aromatic carbocycles. The van der Waals surface area contributed by atoms with Crippen molar-refractivity contribution in [3.05, 3.63) is 34.9 Å². The van der Waals surface area contributed by atoms with Crippen molar-refractivity contribution < 1.29 is 4.74 Å². The number of rotatable bonds is 4. The second-order valence-corrected chi connectivity index (χ2v) is 5.90. The largest absolute Gasteiger partial charge is 0.484 e. The molecule has 0 heterocycles. The van der Waals surface area contributed by atoms with Crippen LogP contribution in [0.3, 0.4) is 0 Å². The monoisotopic (exact) mass is 279 g/mol. The molecule has 1 aromatic rings. The van der Waals surface area contributed by atoms with E-state index in [4.69, 9.17) is 21.7 Å². The Kier molecular flexibility index (Phi) is 4.51. The number of methoxy groups -OCH3 is 1. The Morgan fingerprint density at radius 2 is 2.00 bits per heavy atom. The van der Waals surface area contributed by atoms with Crippen LogP contribution in [0.2, 0.25) is 0 Å². The van der Waals surface area contributed by atoms with Gasteiger partial charge in [0.05, 0.1) is 7.11 Å². The summed E-state index contributed by atoms with van der Waals surface area (Å²) >= 11 is 5.99. The molecule has 0 saturated heterocycles. The predicted molar refractivity (Wildman–Crippen MR) is 80.2 cm³/mol. The normalized spacial score (nSPS) is 17.4. The average molecular weight is 280 g/mol. The number of halogens is 1. The molecule has 0 spiro atoms. The molecular formula is C16H22ClNO. The summed E-state index contributed by atoms with van der Waals surface area (Å²) in [4.78, 5) is 0. The van der Waals surface area contributed by atoms with Gasteiger partial charge in [0.25, 0.3) is 0 Å². The van der Waals surface area contributed by atoms with Gasteiger partial charge in [-0.3, -0.25) is 5.41 Å². The van der Waals surface area contributed by atoms with Crippen molar-refractivity contribution in [1.82, 2.24) is 0 Å². The van der Waals surface area contributed by atoms with Gasteiger partial charge in [-0.25, -0.2) is 0 Å². The molecule has 104 valence electrons. The van der Waals surface area contributed by atoms with E-state index in [0.29, 0.717) is 18.2 Å². The van der Waals surface area contributed by atoms with Crippen LogP contribution in [-0.4, -0.2) is 13.0 Å². The molecular weight excluding hydrogens is 258 g/mol. The number of aryl methyl sites for hydroxylation is 1. The van der Waals surface area contributed by atoms with Gasteiger partial charge < -0.3 is 4.74 Å². The third-order valence-electron chi connectivity index (χ3n) is 4.21. The molecule has 0 atom stereocenters. The van der Waals surface area contributed by atoms with Crippen LogP contribution < -0.4 is 0 Å². The fourth-order valence-electron chi connectivity index (χ4n) is 3.24. The van der Waals surface area contributed by atoms with Crippen molar-refractivity contribution in [2.24, 2.45) is 0 Å². The molecule has 2 nitrogen and oxygen atoms in total. The number of alkyl halides is 1. The molecule has 0 bridgehead atoms. The molecule has 2 rings (SSSR count). The van der Waals surface area contributed by atoms with Crippen LogP contribution in [-0.2, 0) is 16.0 Å². The lowest BCUT2D eigenvalue weighted by molar-refractivity contribution is 0.350. The molecule has 0 radical (unpaired) electrons. The van der Waals surface area contributed by atoms with Crippen molar-refractivity contribution in [3.8, 4) is 0 Å². The maximum absolute atomic E-state index is 7.88. The van der Waals surface area contributed by atoms with Crippen molar-refractivity contribution in [2.45, 2.75) is 50.3 Å². The molecule has 0 unspecified atom stereocenters. The molecule has 1 N–H and O–H groups in total. The first kappa shape index (κ1) is 14.4. The van der Waals surface area contributed by atoms with Crippen LogP contribution in [0.1, 0.15) is 48.8 Å². The summed E-state index contributed by atoms with van der Waals surface area (Å²) in [5.74, 6) is 0.933. The Labute approximate surface area is 120 Å². The van der Waals surface area contributed by atoms with Crippen LogP contribution in [0.25, 0.3) is 0 Å². The van der Waals surface area contributed by atoms with Crippen LogP contribution in [0.15, 0.2) is 18.2 Å². The summed E-state index contributed by atoms with van der Waals surface area (Å²) < 4.78 is 5.10. The van der Waals surface area contributed by atoms with Crippen molar-refractivity contribution >= 4 is 17.5 Å². The third kappa shape index (κ3) is 3.11. The van der Waals surface area contributed by atoms with E-state index in [1.165, 1.54) is 29.5 Å². The first-order valence-corrected chi connectivity index (χ1v) is 7.41. The first-order chi connectivity index (χ1) is 9.09. The Bertz CT molecular complexity index is 464. The van der Waals surface area contributed by atoms with E-state index in [1.54, 1.807) is 7.11 Å². The summed E-state index contributed by atoms with van der Waals surface area (Å²) in [7, 11) is 1.59. The number of hydrogen-bond donors (Lipinski definition) is 1. The van der Waals surface area contributed by atoms with Gasteiger partial charge in [0.1, 0.15) is 0 Å². The molecule has 1 aliphatic carbocycles. The molecule has 0 aromatic heterocycles. The quantitative estimate of drug-likeness (QED) is 0.489. The molecule has 0 aliphatic heterocycles. The second-order valence-electron chi connectivity index (χ2n) is 5.63. The summed E-state index contributed by atoms with van der Waals surface area (Å²) in [5, 5.41) is 7.88. The highest BCUT2D eigenvalue weighted by atomic mass is 35.5. The van der Waals surface area contributed by atoms with Crippen molar-refractivity contribution in [2.75, 3.05) is 7.11 Å². The van der Waals surface area contributed by atoms with Crippen molar-refractivity contribution in [3.63, 3.8) is 0 Å². The van der Waals surface area contributed by atoms with E-state index in [-0.39, 0.29) is 5.41 Å². The van der Waals surface area contributed by atoms with E-state index in [1.807, 2.05) is 0 Å². The minimum absolute atomic E-state index is 0.0833. The highest BCUT2D eigenvalue weighted by molar-refractivity contribution is 6.17. The molecule has 0 amide bonds. The lowest BCUT2D eigenvalue weighted by Gasteiger charge is -2.30. The van der Waals surface area contributed by atoms with Gasteiger partial charge >= 0.3 is 0 Å². The standard InChI is InChI=1S/C16H22ClNO/c1-12-7-13(11-17)9-14(8-12)16(5-3-4-6-16)10-15(18)19-2/h7-9,18H,3-6,10-11H2,1-2H3. The van der Waals surface area contributed by atoms with Crippen LogP contribution in [0.4, 0.5) is 0 Å². The van der Waals surface area contributed by atoms with Crippen LogP contribution in [0.5, 0.6) is 0 Å².